The lowest BCUT2D eigenvalue weighted by atomic mass is 9.79. The summed E-state index contributed by atoms with van der Waals surface area (Å²) in [5.74, 6) is 1.38. The van der Waals surface area contributed by atoms with E-state index in [1.165, 1.54) is 19.3 Å². The second-order valence-electron chi connectivity index (χ2n) is 8.09. The summed E-state index contributed by atoms with van der Waals surface area (Å²) in [5.41, 5.74) is 3.24. The number of benzene rings is 1. The molecular weight excluding hydrogens is 376 g/mol. The van der Waals surface area contributed by atoms with Gasteiger partial charge in [-0.1, -0.05) is 38.3 Å². The molecule has 2 heterocycles. The van der Waals surface area contributed by atoms with Crippen LogP contribution in [-0.2, 0) is 10.3 Å². The molecule has 2 aromatic rings. The zero-order valence-electron chi connectivity index (χ0n) is 18.5. The summed E-state index contributed by atoms with van der Waals surface area (Å²) >= 11 is 0. The van der Waals surface area contributed by atoms with Crippen molar-refractivity contribution < 1.29 is 14.3 Å². The van der Waals surface area contributed by atoms with Gasteiger partial charge in [-0.2, -0.15) is 0 Å². The Morgan fingerprint density at radius 2 is 1.87 bits per heavy atom. The average molecular weight is 409 g/mol. The Morgan fingerprint density at radius 1 is 1.10 bits per heavy atom. The molecule has 1 atom stereocenters. The molecular formula is C25H32N2O3. The number of hydrogen-bond acceptors (Lipinski definition) is 4. The smallest absolute Gasteiger partial charge is 0.247 e. The third kappa shape index (κ3) is 5.02. The van der Waals surface area contributed by atoms with Crippen molar-refractivity contribution in [3.63, 3.8) is 0 Å². The summed E-state index contributed by atoms with van der Waals surface area (Å²) in [7, 11) is 1.59. The zero-order valence-corrected chi connectivity index (χ0v) is 18.5. The standard InChI is InChI=1S/C25H32N2O3/c1-5-6-7-8-15-30-21-12-10-20(11-13-21)25(3)16-22(18(2)24(28)27-25)19-9-14-23(29-4)26-17-19/h9-14,17H,5-8,15-16H2,1-4H3,(H,27,28)/t25-/m0/s1. The Balaban J connectivity index is 1.74. The van der Waals surface area contributed by atoms with Crippen LogP contribution in [0.25, 0.3) is 5.57 Å². The molecule has 1 aliphatic heterocycles. The molecule has 0 spiro atoms. The highest BCUT2D eigenvalue weighted by Crippen LogP contribution is 2.38. The van der Waals surface area contributed by atoms with Crippen LogP contribution in [0.15, 0.2) is 48.2 Å². The van der Waals surface area contributed by atoms with E-state index < -0.39 is 5.54 Å². The Hall–Kier alpha value is -2.82. The summed E-state index contributed by atoms with van der Waals surface area (Å²) in [5, 5.41) is 3.18. The van der Waals surface area contributed by atoms with Gasteiger partial charge < -0.3 is 14.8 Å². The molecule has 3 rings (SSSR count). The number of nitrogens with zero attached hydrogens (tertiary/aromatic N) is 1. The Kier molecular flexibility index (Phi) is 7.14. The van der Waals surface area contributed by atoms with E-state index in [-0.39, 0.29) is 5.91 Å². The van der Waals surface area contributed by atoms with E-state index in [2.05, 4.69) is 24.1 Å². The Bertz CT molecular complexity index is 888. The van der Waals surface area contributed by atoms with Crippen molar-refractivity contribution in [1.29, 1.82) is 0 Å². The van der Waals surface area contributed by atoms with Crippen LogP contribution in [0.3, 0.4) is 0 Å². The molecule has 1 amide bonds. The molecule has 0 radical (unpaired) electrons. The Morgan fingerprint density at radius 3 is 2.50 bits per heavy atom. The summed E-state index contributed by atoms with van der Waals surface area (Å²) in [4.78, 5) is 17.1. The first-order valence-electron chi connectivity index (χ1n) is 10.7. The van der Waals surface area contributed by atoms with Crippen LogP contribution in [-0.4, -0.2) is 24.6 Å². The van der Waals surface area contributed by atoms with E-state index in [0.717, 1.165) is 41.1 Å². The number of ether oxygens (including phenoxy) is 2. The lowest BCUT2D eigenvalue weighted by Gasteiger charge is -2.37. The normalized spacial score (nSPS) is 18.9. The third-order valence-electron chi connectivity index (χ3n) is 5.77. The highest BCUT2D eigenvalue weighted by atomic mass is 16.5. The molecule has 1 N–H and O–H groups in total. The van der Waals surface area contributed by atoms with Gasteiger partial charge in [0.1, 0.15) is 5.75 Å². The minimum atomic E-state index is -0.495. The summed E-state index contributed by atoms with van der Waals surface area (Å²) in [6, 6.07) is 11.9. The second-order valence-corrected chi connectivity index (χ2v) is 8.09. The van der Waals surface area contributed by atoms with E-state index in [1.807, 2.05) is 43.3 Å². The van der Waals surface area contributed by atoms with Gasteiger partial charge >= 0.3 is 0 Å². The van der Waals surface area contributed by atoms with Crippen LogP contribution >= 0.6 is 0 Å². The minimum absolute atomic E-state index is 0.0502. The summed E-state index contributed by atoms with van der Waals surface area (Å²) < 4.78 is 11.0. The fourth-order valence-corrected chi connectivity index (χ4v) is 3.82. The van der Waals surface area contributed by atoms with Gasteiger partial charge in [-0.05, 0) is 55.2 Å². The molecule has 5 heteroatoms. The van der Waals surface area contributed by atoms with Gasteiger partial charge in [-0.15, -0.1) is 0 Å². The Labute approximate surface area is 179 Å². The molecule has 1 aliphatic rings. The number of hydrogen-bond donors (Lipinski definition) is 1. The molecule has 1 aromatic heterocycles. The first-order chi connectivity index (χ1) is 14.5. The number of aromatic nitrogens is 1. The van der Waals surface area contributed by atoms with Crippen molar-refractivity contribution >= 4 is 11.5 Å². The quantitative estimate of drug-likeness (QED) is 0.575. The van der Waals surface area contributed by atoms with Crippen molar-refractivity contribution in [2.45, 2.75) is 58.4 Å². The maximum absolute atomic E-state index is 12.7. The fraction of sp³-hybridized carbons (Fsp3) is 0.440. The van der Waals surface area contributed by atoms with E-state index >= 15 is 0 Å². The molecule has 0 aliphatic carbocycles. The molecule has 30 heavy (non-hydrogen) atoms. The minimum Gasteiger partial charge on any atom is -0.494 e. The molecule has 160 valence electrons. The highest BCUT2D eigenvalue weighted by Gasteiger charge is 2.36. The van der Waals surface area contributed by atoms with Crippen molar-refractivity contribution in [1.82, 2.24) is 10.3 Å². The summed E-state index contributed by atoms with van der Waals surface area (Å²) in [6.07, 6.45) is 7.21. The van der Waals surface area contributed by atoms with E-state index in [1.54, 1.807) is 13.3 Å². The zero-order chi connectivity index (χ0) is 21.6. The maximum Gasteiger partial charge on any atom is 0.247 e. The topological polar surface area (TPSA) is 60.5 Å². The van der Waals surface area contributed by atoms with Gasteiger partial charge in [0, 0.05) is 24.3 Å². The molecule has 1 aromatic carbocycles. The molecule has 5 nitrogen and oxygen atoms in total. The van der Waals surface area contributed by atoms with E-state index in [4.69, 9.17) is 9.47 Å². The van der Waals surface area contributed by atoms with Gasteiger partial charge in [0.05, 0.1) is 19.3 Å². The van der Waals surface area contributed by atoms with Crippen LogP contribution in [0, 0.1) is 0 Å². The van der Waals surface area contributed by atoms with Crippen LogP contribution < -0.4 is 14.8 Å². The van der Waals surface area contributed by atoms with Crippen LogP contribution in [0.2, 0.25) is 0 Å². The number of pyridine rings is 1. The molecule has 0 saturated carbocycles. The third-order valence-corrected chi connectivity index (χ3v) is 5.77. The number of methoxy groups -OCH3 is 1. The molecule has 0 unspecified atom stereocenters. The fourth-order valence-electron chi connectivity index (χ4n) is 3.82. The number of carbonyl (C=O) groups excluding carboxylic acids is 1. The predicted octanol–water partition coefficient (Wildman–Crippen LogP) is 5.26. The number of carbonyl (C=O) groups is 1. The van der Waals surface area contributed by atoms with Gasteiger partial charge in [-0.3, -0.25) is 4.79 Å². The second kappa shape index (κ2) is 9.79. The molecule has 0 fully saturated rings. The molecule has 0 saturated heterocycles. The lowest BCUT2D eigenvalue weighted by molar-refractivity contribution is -0.119. The van der Waals surface area contributed by atoms with E-state index in [9.17, 15) is 4.79 Å². The van der Waals surface area contributed by atoms with Crippen molar-refractivity contribution in [2.24, 2.45) is 0 Å². The maximum atomic E-state index is 12.7. The van der Waals surface area contributed by atoms with Gasteiger partial charge in [0.15, 0.2) is 0 Å². The monoisotopic (exact) mass is 408 g/mol. The van der Waals surface area contributed by atoms with Gasteiger partial charge in [0.2, 0.25) is 11.8 Å². The van der Waals surface area contributed by atoms with E-state index in [0.29, 0.717) is 12.3 Å². The lowest BCUT2D eigenvalue weighted by Crippen LogP contribution is -2.47. The number of rotatable bonds is 9. The number of nitrogens with one attached hydrogen (secondary N) is 1. The van der Waals surface area contributed by atoms with Crippen LogP contribution in [0.1, 0.15) is 64.0 Å². The SMILES string of the molecule is CCCCCCOc1ccc([C@]2(C)CC(c3ccc(OC)nc3)=C(C)C(=O)N2)cc1. The first-order valence-corrected chi connectivity index (χ1v) is 10.7. The number of unbranched alkanes of at least 4 members (excludes halogenated alkanes) is 3. The van der Waals surface area contributed by atoms with Crippen molar-refractivity contribution in [3.8, 4) is 11.6 Å². The first kappa shape index (κ1) is 21.9. The van der Waals surface area contributed by atoms with Crippen LogP contribution in [0.4, 0.5) is 0 Å². The predicted molar refractivity (Wildman–Crippen MR) is 120 cm³/mol. The average Bonchev–Trinajstić information content (AvgIpc) is 2.77. The van der Waals surface area contributed by atoms with Crippen LogP contribution in [0.5, 0.6) is 11.6 Å². The highest BCUT2D eigenvalue weighted by molar-refractivity contribution is 6.03. The molecule has 0 bridgehead atoms. The number of amides is 1. The largest absolute Gasteiger partial charge is 0.494 e. The van der Waals surface area contributed by atoms with Gasteiger partial charge in [-0.25, -0.2) is 4.98 Å². The van der Waals surface area contributed by atoms with Gasteiger partial charge in [0.25, 0.3) is 0 Å². The summed E-state index contributed by atoms with van der Waals surface area (Å²) in [6.45, 7) is 6.88. The van der Waals surface area contributed by atoms with Crippen molar-refractivity contribution in [3.05, 3.63) is 59.3 Å². The van der Waals surface area contributed by atoms with Crippen molar-refractivity contribution in [2.75, 3.05) is 13.7 Å².